The zero-order valence-electron chi connectivity index (χ0n) is 14.9. The molecule has 0 fully saturated rings. The maximum Gasteiger partial charge on any atom is 0.255 e. The standard InChI is InChI=1S/C20H26N2O3/c1-3-21-15-17-7-4-5-8-19(17)22-20(23)16-9-11-18(12-10-16)25-14-6-13-24-2/h4-5,7-12,21H,3,6,13-15H2,1-2H3,(H,22,23). The molecule has 2 N–H and O–H groups in total. The van der Waals surface area contributed by atoms with Gasteiger partial charge in [0.2, 0.25) is 0 Å². The fraction of sp³-hybridized carbons (Fsp3) is 0.350. The Balaban J connectivity index is 1.95. The third-order valence-corrected chi connectivity index (χ3v) is 3.71. The molecule has 0 spiro atoms. The fourth-order valence-electron chi connectivity index (χ4n) is 2.35. The molecule has 2 rings (SSSR count). The summed E-state index contributed by atoms with van der Waals surface area (Å²) in [6.45, 7) is 4.93. The number of methoxy groups -OCH3 is 1. The Labute approximate surface area is 149 Å². The minimum atomic E-state index is -0.130. The molecule has 0 unspecified atom stereocenters. The number of anilines is 1. The van der Waals surface area contributed by atoms with E-state index in [1.54, 1.807) is 19.2 Å². The van der Waals surface area contributed by atoms with Gasteiger partial charge in [-0.1, -0.05) is 25.1 Å². The van der Waals surface area contributed by atoms with Crippen LogP contribution in [0.4, 0.5) is 5.69 Å². The van der Waals surface area contributed by atoms with Crippen molar-refractivity contribution >= 4 is 11.6 Å². The molecule has 0 saturated heterocycles. The first-order chi connectivity index (χ1) is 12.2. The molecule has 0 saturated carbocycles. The largest absolute Gasteiger partial charge is 0.494 e. The Hall–Kier alpha value is -2.37. The van der Waals surface area contributed by atoms with Crippen LogP contribution in [0.2, 0.25) is 0 Å². The Bertz CT molecular complexity index is 656. The van der Waals surface area contributed by atoms with Crippen LogP contribution in [0.3, 0.4) is 0 Å². The van der Waals surface area contributed by atoms with Gasteiger partial charge in [-0.05, 0) is 42.4 Å². The lowest BCUT2D eigenvalue weighted by atomic mass is 10.1. The van der Waals surface area contributed by atoms with Crippen LogP contribution >= 0.6 is 0 Å². The third-order valence-electron chi connectivity index (χ3n) is 3.71. The Morgan fingerprint density at radius 3 is 2.52 bits per heavy atom. The second kappa shape index (κ2) is 10.5. The van der Waals surface area contributed by atoms with Crippen LogP contribution in [-0.2, 0) is 11.3 Å². The lowest BCUT2D eigenvalue weighted by molar-refractivity contribution is 0.102. The first-order valence-electron chi connectivity index (χ1n) is 8.56. The number of amides is 1. The second-order valence-corrected chi connectivity index (χ2v) is 5.61. The zero-order chi connectivity index (χ0) is 17.9. The predicted octanol–water partition coefficient (Wildman–Crippen LogP) is 3.46. The molecule has 134 valence electrons. The van der Waals surface area contributed by atoms with Crippen molar-refractivity contribution in [3.05, 3.63) is 59.7 Å². The predicted molar refractivity (Wildman–Crippen MR) is 100 cm³/mol. The number of benzene rings is 2. The summed E-state index contributed by atoms with van der Waals surface area (Å²) in [4.78, 5) is 12.5. The van der Waals surface area contributed by atoms with E-state index in [1.807, 2.05) is 36.4 Å². The summed E-state index contributed by atoms with van der Waals surface area (Å²) in [5.41, 5.74) is 2.49. The van der Waals surface area contributed by atoms with E-state index in [0.717, 1.165) is 36.5 Å². The van der Waals surface area contributed by atoms with Crippen molar-refractivity contribution in [2.24, 2.45) is 0 Å². The highest BCUT2D eigenvalue weighted by Gasteiger charge is 2.09. The van der Waals surface area contributed by atoms with Gasteiger partial charge in [-0.2, -0.15) is 0 Å². The van der Waals surface area contributed by atoms with E-state index in [1.165, 1.54) is 0 Å². The molecule has 25 heavy (non-hydrogen) atoms. The van der Waals surface area contributed by atoms with Crippen molar-refractivity contribution < 1.29 is 14.3 Å². The van der Waals surface area contributed by atoms with Crippen LogP contribution in [0.15, 0.2) is 48.5 Å². The van der Waals surface area contributed by atoms with Crippen molar-refractivity contribution in [2.75, 3.05) is 32.2 Å². The van der Waals surface area contributed by atoms with Gasteiger partial charge in [-0.15, -0.1) is 0 Å². The molecule has 0 aromatic heterocycles. The van der Waals surface area contributed by atoms with E-state index in [-0.39, 0.29) is 5.91 Å². The van der Waals surface area contributed by atoms with Crippen LogP contribution in [0, 0.1) is 0 Å². The van der Waals surface area contributed by atoms with Gasteiger partial charge < -0.3 is 20.1 Å². The van der Waals surface area contributed by atoms with E-state index in [9.17, 15) is 4.79 Å². The highest BCUT2D eigenvalue weighted by molar-refractivity contribution is 6.04. The van der Waals surface area contributed by atoms with Gasteiger partial charge in [0.25, 0.3) is 5.91 Å². The normalized spacial score (nSPS) is 10.5. The SMILES string of the molecule is CCNCc1ccccc1NC(=O)c1ccc(OCCCOC)cc1. The topological polar surface area (TPSA) is 59.6 Å². The number of rotatable bonds is 10. The van der Waals surface area contributed by atoms with Gasteiger partial charge in [0.15, 0.2) is 0 Å². The molecule has 5 nitrogen and oxygen atoms in total. The maximum atomic E-state index is 12.5. The monoisotopic (exact) mass is 342 g/mol. The number of ether oxygens (including phenoxy) is 2. The highest BCUT2D eigenvalue weighted by atomic mass is 16.5. The van der Waals surface area contributed by atoms with Gasteiger partial charge in [-0.3, -0.25) is 4.79 Å². The van der Waals surface area contributed by atoms with Gasteiger partial charge in [0, 0.05) is 37.9 Å². The summed E-state index contributed by atoms with van der Waals surface area (Å²) < 4.78 is 10.6. The summed E-state index contributed by atoms with van der Waals surface area (Å²) in [6, 6.07) is 15.0. The van der Waals surface area contributed by atoms with Gasteiger partial charge in [0.1, 0.15) is 5.75 Å². The average molecular weight is 342 g/mol. The minimum Gasteiger partial charge on any atom is -0.494 e. The summed E-state index contributed by atoms with van der Waals surface area (Å²) in [7, 11) is 1.67. The Kier molecular flexibility index (Phi) is 7.95. The van der Waals surface area contributed by atoms with Crippen LogP contribution < -0.4 is 15.4 Å². The number of hydrogen-bond donors (Lipinski definition) is 2. The lowest BCUT2D eigenvalue weighted by Crippen LogP contribution is -2.17. The summed E-state index contributed by atoms with van der Waals surface area (Å²) in [5, 5.41) is 6.26. The molecule has 0 atom stereocenters. The first kappa shape index (κ1) is 19.0. The Morgan fingerprint density at radius 1 is 1.04 bits per heavy atom. The fourth-order valence-corrected chi connectivity index (χ4v) is 2.35. The van der Waals surface area contributed by atoms with Gasteiger partial charge in [0.05, 0.1) is 6.61 Å². The van der Waals surface area contributed by atoms with Crippen molar-refractivity contribution in [3.63, 3.8) is 0 Å². The molecular formula is C20H26N2O3. The average Bonchev–Trinajstić information content (AvgIpc) is 2.65. The van der Waals surface area contributed by atoms with E-state index >= 15 is 0 Å². The van der Waals surface area contributed by atoms with Gasteiger partial charge in [-0.25, -0.2) is 0 Å². The van der Waals surface area contributed by atoms with Crippen molar-refractivity contribution in [1.82, 2.24) is 5.32 Å². The van der Waals surface area contributed by atoms with E-state index in [2.05, 4.69) is 17.6 Å². The zero-order valence-corrected chi connectivity index (χ0v) is 14.9. The second-order valence-electron chi connectivity index (χ2n) is 5.61. The molecule has 2 aromatic carbocycles. The summed E-state index contributed by atoms with van der Waals surface area (Å²) in [6.07, 6.45) is 0.835. The Morgan fingerprint density at radius 2 is 1.80 bits per heavy atom. The van der Waals surface area contributed by atoms with Crippen molar-refractivity contribution in [3.8, 4) is 5.75 Å². The van der Waals surface area contributed by atoms with Crippen molar-refractivity contribution in [1.29, 1.82) is 0 Å². The van der Waals surface area contributed by atoms with E-state index in [4.69, 9.17) is 9.47 Å². The van der Waals surface area contributed by atoms with Gasteiger partial charge >= 0.3 is 0 Å². The quantitative estimate of drug-likeness (QED) is 0.649. The van der Waals surface area contributed by atoms with E-state index < -0.39 is 0 Å². The number of nitrogens with one attached hydrogen (secondary N) is 2. The number of carbonyl (C=O) groups is 1. The highest BCUT2D eigenvalue weighted by Crippen LogP contribution is 2.18. The third kappa shape index (κ3) is 6.21. The minimum absolute atomic E-state index is 0.130. The van der Waals surface area contributed by atoms with Crippen LogP contribution in [0.25, 0.3) is 0 Å². The lowest BCUT2D eigenvalue weighted by Gasteiger charge is -2.12. The number of para-hydroxylation sites is 1. The molecule has 0 heterocycles. The smallest absolute Gasteiger partial charge is 0.255 e. The maximum absolute atomic E-state index is 12.5. The molecule has 1 amide bonds. The van der Waals surface area contributed by atoms with Crippen molar-refractivity contribution in [2.45, 2.75) is 19.9 Å². The molecule has 0 aliphatic carbocycles. The van der Waals surface area contributed by atoms with E-state index in [0.29, 0.717) is 18.8 Å². The molecule has 0 radical (unpaired) electrons. The first-order valence-corrected chi connectivity index (χ1v) is 8.56. The molecule has 2 aromatic rings. The summed E-state index contributed by atoms with van der Waals surface area (Å²) in [5.74, 6) is 0.620. The molecular weight excluding hydrogens is 316 g/mol. The van der Waals surface area contributed by atoms with Crippen LogP contribution in [-0.4, -0.2) is 32.8 Å². The molecule has 0 aliphatic heterocycles. The van der Waals surface area contributed by atoms with Crippen LogP contribution in [0.5, 0.6) is 5.75 Å². The molecule has 0 bridgehead atoms. The number of carbonyl (C=O) groups excluding carboxylic acids is 1. The molecule has 0 aliphatic rings. The molecule has 5 heteroatoms. The number of hydrogen-bond acceptors (Lipinski definition) is 4. The van der Waals surface area contributed by atoms with Crippen LogP contribution in [0.1, 0.15) is 29.3 Å². The summed E-state index contributed by atoms with van der Waals surface area (Å²) >= 11 is 0.